The Morgan fingerprint density at radius 2 is 2.00 bits per heavy atom. The number of benzene rings is 1. The third kappa shape index (κ3) is 5.38. The van der Waals surface area contributed by atoms with Gasteiger partial charge in [0.15, 0.2) is 5.96 Å². The van der Waals surface area contributed by atoms with E-state index in [9.17, 15) is 0 Å². The van der Waals surface area contributed by atoms with Crippen molar-refractivity contribution >= 4 is 52.2 Å². The minimum Gasteiger partial charge on any atom is -0.356 e. The van der Waals surface area contributed by atoms with Crippen LogP contribution in [-0.4, -0.2) is 29.5 Å². The first-order valence-corrected chi connectivity index (χ1v) is 9.32. The third-order valence-electron chi connectivity index (χ3n) is 3.99. The topological polar surface area (TPSA) is 62.2 Å². The normalized spacial score (nSPS) is 11.2. The Kier molecular flexibility index (Phi) is 8.24. The largest absolute Gasteiger partial charge is 0.356 e. The number of fused-ring (bicyclic) bond motifs is 1. The Bertz CT molecular complexity index is 857. The average Bonchev–Trinajstić information content (AvgIpc) is 3.12. The van der Waals surface area contributed by atoms with Gasteiger partial charge in [-0.05, 0) is 24.1 Å². The van der Waals surface area contributed by atoms with E-state index in [1.807, 2.05) is 36.7 Å². The maximum atomic E-state index is 4.45. The number of aliphatic imine (C=N–C) groups is 1. The number of aryl methyl sites for hydroxylation is 1. The van der Waals surface area contributed by atoms with E-state index in [-0.39, 0.29) is 24.0 Å². The van der Waals surface area contributed by atoms with Crippen LogP contribution in [0.5, 0.6) is 0 Å². The first-order valence-electron chi connectivity index (χ1n) is 8.51. The monoisotopic (exact) mass is 481 g/mol. The van der Waals surface area contributed by atoms with Crippen molar-refractivity contribution in [3.8, 4) is 0 Å². The van der Waals surface area contributed by atoms with Crippen LogP contribution in [0.4, 0.5) is 0 Å². The standard InChI is InChI=1S/C19H23N5S.HI/c1-3-15-13-23-18(25-15)9-11-22-19(20-2)24-12-14-8-10-21-17-7-5-4-6-16(14)17;/h4-8,10,13H,3,9,11-12H2,1-2H3,(H2,20,22,24);1H. The molecule has 0 amide bonds. The lowest BCUT2D eigenvalue weighted by atomic mass is 10.1. The maximum absolute atomic E-state index is 4.45. The molecule has 0 unspecified atom stereocenters. The van der Waals surface area contributed by atoms with Gasteiger partial charge in [0.05, 0.1) is 10.5 Å². The fourth-order valence-corrected chi connectivity index (χ4v) is 3.49. The quantitative estimate of drug-likeness (QED) is 0.320. The molecule has 0 atom stereocenters. The minimum absolute atomic E-state index is 0. The predicted molar refractivity (Wildman–Crippen MR) is 121 cm³/mol. The number of pyridine rings is 1. The number of para-hydroxylation sites is 1. The first-order chi connectivity index (χ1) is 12.3. The van der Waals surface area contributed by atoms with Crippen LogP contribution in [0.1, 0.15) is 22.4 Å². The molecule has 2 N–H and O–H groups in total. The highest BCUT2D eigenvalue weighted by atomic mass is 127. The molecule has 26 heavy (non-hydrogen) atoms. The summed E-state index contributed by atoms with van der Waals surface area (Å²) < 4.78 is 0. The van der Waals surface area contributed by atoms with E-state index in [1.165, 1.54) is 20.8 Å². The predicted octanol–water partition coefficient (Wildman–Crippen LogP) is 3.78. The number of aromatic nitrogens is 2. The van der Waals surface area contributed by atoms with Gasteiger partial charge in [0.1, 0.15) is 0 Å². The van der Waals surface area contributed by atoms with E-state index in [0.29, 0.717) is 6.54 Å². The Balaban J connectivity index is 0.00000243. The zero-order chi connectivity index (χ0) is 17.5. The number of hydrogen-bond donors (Lipinski definition) is 2. The van der Waals surface area contributed by atoms with Gasteiger partial charge in [0.2, 0.25) is 0 Å². The van der Waals surface area contributed by atoms with Crippen LogP contribution in [-0.2, 0) is 19.4 Å². The van der Waals surface area contributed by atoms with E-state index in [4.69, 9.17) is 0 Å². The van der Waals surface area contributed by atoms with Crippen molar-refractivity contribution < 1.29 is 0 Å². The van der Waals surface area contributed by atoms with Crippen LogP contribution >= 0.6 is 35.3 Å². The summed E-state index contributed by atoms with van der Waals surface area (Å²) in [6, 6.07) is 10.2. The number of nitrogens with zero attached hydrogens (tertiary/aromatic N) is 3. The highest BCUT2D eigenvalue weighted by Crippen LogP contribution is 2.16. The van der Waals surface area contributed by atoms with Gasteiger partial charge in [-0.1, -0.05) is 25.1 Å². The number of thiazole rings is 1. The number of halogens is 1. The fraction of sp³-hybridized carbons (Fsp3) is 0.316. The molecule has 0 saturated heterocycles. The van der Waals surface area contributed by atoms with Crippen molar-refractivity contribution in [3.05, 3.63) is 58.2 Å². The van der Waals surface area contributed by atoms with Gasteiger partial charge < -0.3 is 10.6 Å². The minimum atomic E-state index is 0. The van der Waals surface area contributed by atoms with Crippen LogP contribution in [0, 0.1) is 0 Å². The second-order valence-corrected chi connectivity index (χ2v) is 6.86. The molecule has 0 saturated carbocycles. The number of hydrogen-bond acceptors (Lipinski definition) is 4. The summed E-state index contributed by atoms with van der Waals surface area (Å²) in [7, 11) is 1.79. The lowest BCUT2D eigenvalue weighted by Crippen LogP contribution is -2.37. The number of guanidine groups is 1. The van der Waals surface area contributed by atoms with Crippen molar-refractivity contribution in [2.24, 2.45) is 4.99 Å². The van der Waals surface area contributed by atoms with Crippen molar-refractivity contribution in [1.82, 2.24) is 20.6 Å². The molecule has 0 aliphatic carbocycles. The van der Waals surface area contributed by atoms with Gasteiger partial charge in [-0.2, -0.15) is 0 Å². The average molecular weight is 481 g/mol. The molecule has 1 aromatic carbocycles. The van der Waals surface area contributed by atoms with E-state index in [1.54, 1.807) is 18.4 Å². The van der Waals surface area contributed by atoms with Gasteiger partial charge in [-0.3, -0.25) is 9.98 Å². The van der Waals surface area contributed by atoms with Crippen LogP contribution in [0.15, 0.2) is 47.7 Å². The molecule has 7 heteroatoms. The van der Waals surface area contributed by atoms with Crippen LogP contribution in [0.2, 0.25) is 0 Å². The Morgan fingerprint density at radius 1 is 1.15 bits per heavy atom. The molecule has 138 valence electrons. The fourth-order valence-electron chi connectivity index (χ4n) is 2.62. The Hall–Kier alpha value is -1.74. The molecule has 3 aromatic rings. The smallest absolute Gasteiger partial charge is 0.191 e. The van der Waals surface area contributed by atoms with Gasteiger partial charge in [-0.15, -0.1) is 35.3 Å². The molecule has 2 heterocycles. The van der Waals surface area contributed by atoms with E-state index in [0.717, 1.165) is 30.9 Å². The molecule has 0 bridgehead atoms. The molecule has 0 aliphatic rings. The summed E-state index contributed by atoms with van der Waals surface area (Å²) in [5.41, 5.74) is 2.22. The van der Waals surface area contributed by atoms with Crippen molar-refractivity contribution in [3.63, 3.8) is 0 Å². The SMILES string of the molecule is CCc1cnc(CCNC(=NC)NCc2ccnc3ccccc23)s1.I. The van der Waals surface area contributed by atoms with Gasteiger partial charge in [0.25, 0.3) is 0 Å². The van der Waals surface area contributed by atoms with Crippen molar-refractivity contribution in [1.29, 1.82) is 0 Å². The third-order valence-corrected chi connectivity index (χ3v) is 5.19. The summed E-state index contributed by atoms with van der Waals surface area (Å²) >= 11 is 1.79. The van der Waals surface area contributed by atoms with Crippen molar-refractivity contribution in [2.45, 2.75) is 26.3 Å². The van der Waals surface area contributed by atoms with E-state index >= 15 is 0 Å². The van der Waals surface area contributed by atoms with Crippen molar-refractivity contribution in [2.75, 3.05) is 13.6 Å². The summed E-state index contributed by atoms with van der Waals surface area (Å²) in [4.78, 5) is 14.5. The highest BCUT2D eigenvalue weighted by molar-refractivity contribution is 14.0. The zero-order valence-electron chi connectivity index (χ0n) is 15.0. The Labute approximate surface area is 175 Å². The van der Waals surface area contributed by atoms with Crippen LogP contribution in [0.25, 0.3) is 10.9 Å². The highest BCUT2D eigenvalue weighted by Gasteiger charge is 2.04. The molecule has 3 rings (SSSR count). The summed E-state index contributed by atoms with van der Waals surface area (Å²) in [6.45, 7) is 3.68. The summed E-state index contributed by atoms with van der Waals surface area (Å²) in [5.74, 6) is 0.799. The zero-order valence-corrected chi connectivity index (χ0v) is 18.2. The number of rotatable bonds is 6. The molecule has 0 fully saturated rings. The van der Waals surface area contributed by atoms with Gasteiger partial charge in [-0.25, -0.2) is 4.98 Å². The Morgan fingerprint density at radius 3 is 2.77 bits per heavy atom. The molecule has 0 radical (unpaired) electrons. The summed E-state index contributed by atoms with van der Waals surface area (Å²) in [5, 5.41) is 9.06. The molecule has 2 aromatic heterocycles. The molecule has 5 nitrogen and oxygen atoms in total. The second kappa shape index (κ2) is 10.4. The maximum Gasteiger partial charge on any atom is 0.191 e. The lowest BCUT2D eigenvalue weighted by Gasteiger charge is -2.12. The van der Waals surface area contributed by atoms with Crippen LogP contribution in [0.3, 0.4) is 0 Å². The van der Waals surface area contributed by atoms with Gasteiger partial charge >= 0.3 is 0 Å². The van der Waals surface area contributed by atoms with E-state index in [2.05, 4.69) is 38.6 Å². The lowest BCUT2D eigenvalue weighted by molar-refractivity contribution is 0.793. The molecular weight excluding hydrogens is 457 g/mol. The van der Waals surface area contributed by atoms with E-state index < -0.39 is 0 Å². The molecular formula is C19H24IN5S. The number of nitrogens with one attached hydrogen (secondary N) is 2. The first kappa shape index (κ1) is 20.6. The van der Waals surface area contributed by atoms with Crippen LogP contribution < -0.4 is 10.6 Å². The molecule has 0 spiro atoms. The van der Waals surface area contributed by atoms with Gasteiger partial charge in [0, 0.05) is 49.2 Å². The second-order valence-electron chi connectivity index (χ2n) is 5.66. The summed E-state index contributed by atoms with van der Waals surface area (Å²) in [6.07, 6.45) is 5.78. The molecule has 0 aliphatic heterocycles.